The number of ether oxygens (including phenoxy) is 2. The molecule has 9 heteroatoms. The number of nitrogens with zero attached hydrogens (tertiary/aromatic N) is 5. The molecule has 1 aromatic carbocycles. The van der Waals surface area contributed by atoms with Crippen molar-refractivity contribution in [1.29, 1.82) is 0 Å². The third-order valence-electron chi connectivity index (χ3n) is 5.60. The average Bonchev–Trinajstić information content (AvgIpc) is 2.96. The number of fused-ring (bicyclic) bond motifs is 1. The van der Waals surface area contributed by atoms with Crippen LogP contribution in [0.3, 0.4) is 0 Å². The van der Waals surface area contributed by atoms with Crippen molar-refractivity contribution in [1.82, 2.24) is 14.9 Å². The molecule has 0 saturated carbocycles. The van der Waals surface area contributed by atoms with E-state index >= 15 is 0 Å². The summed E-state index contributed by atoms with van der Waals surface area (Å²) in [5.74, 6) is 0.873. The maximum Gasteiger partial charge on any atom is 0.372 e. The van der Waals surface area contributed by atoms with Gasteiger partial charge >= 0.3 is 5.69 Å². The van der Waals surface area contributed by atoms with E-state index in [1.807, 2.05) is 17.0 Å². The summed E-state index contributed by atoms with van der Waals surface area (Å²) in [6.45, 7) is 7.18. The van der Waals surface area contributed by atoms with E-state index in [1.54, 1.807) is 6.92 Å². The van der Waals surface area contributed by atoms with Crippen LogP contribution in [0.5, 0.6) is 5.88 Å². The van der Waals surface area contributed by atoms with Crippen molar-refractivity contribution >= 4 is 11.5 Å². The first kappa shape index (κ1) is 20.5. The number of aryl methyl sites for hydroxylation is 1. The van der Waals surface area contributed by atoms with E-state index in [1.165, 1.54) is 11.1 Å². The first-order chi connectivity index (χ1) is 14.6. The zero-order chi connectivity index (χ0) is 20.9. The molecular weight excluding hydrogens is 386 g/mol. The second kappa shape index (κ2) is 9.36. The number of aromatic nitrogens is 2. The molecule has 160 valence electrons. The van der Waals surface area contributed by atoms with Crippen LogP contribution in [0.1, 0.15) is 17.0 Å². The third kappa shape index (κ3) is 4.68. The van der Waals surface area contributed by atoms with Crippen LogP contribution >= 0.6 is 0 Å². The van der Waals surface area contributed by atoms with E-state index in [9.17, 15) is 10.1 Å². The molecule has 0 unspecified atom stereocenters. The second-order valence-electron chi connectivity index (χ2n) is 7.56. The predicted octanol–water partition coefficient (Wildman–Crippen LogP) is 2.01. The smallest absolute Gasteiger partial charge is 0.372 e. The quantitative estimate of drug-likeness (QED) is 0.524. The fraction of sp³-hybridized carbons (Fsp3) is 0.524. The lowest BCUT2D eigenvalue weighted by Gasteiger charge is -2.26. The Hall–Kier alpha value is -2.78. The molecule has 1 fully saturated rings. The highest BCUT2D eigenvalue weighted by molar-refractivity contribution is 5.63. The van der Waals surface area contributed by atoms with E-state index in [-0.39, 0.29) is 11.6 Å². The summed E-state index contributed by atoms with van der Waals surface area (Å²) in [6.07, 6.45) is 1.65. The monoisotopic (exact) mass is 413 g/mol. The van der Waals surface area contributed by atoms with Gasteiger partial charge in [0.1, 0.15) is 12.4 Å². The number of hydrogen-bond acceptors (Lipinski definition) is 8. The van der Waals surface area contributed by atoms with Crippen LogP contribution in [0.25, 0.3) is 0 Å². The first-order valence-electron chi connectivity index (χ1n) is 10.4. The molecular formula is C21H27N5O4. The van der Waals surface area contributed by atoms with Gasteiger partial charge in [-0.15, -0.1) is 0 Å². The van der Waals surface area contributed by atoms with Crippen molar-refractivity contribution in [3.05, 3.63) is 51.3 Å². The number of rotatable bonds is 6. The fourth-order valence-corrected chi connectivity index (χ4v) is 3.98. The van der Waals surface area contributed by atoms with Crippen LogP contribution in [0.15, 0.2) is 24.3 Å². The highest BCUT2D eigenvalue weighted by Gasteiger charge is 2.30. The minimum absolute atomic E-state index is 0.0533. The lowest BCUT2D eigenvalue weighted by atomic mass is 10.0. The number of morpholine rings is 1. The summed E-state index contributed by atoms with van der Waals surface area (Å²) in [7, 11) is 0. The zero-order valence-electron chi connectivity index (χ0n) is 17.2. The van der Waals surface area contributed by atoms with Crippen molar-refractivity contribution in [2.75, 3.05) is 57.4 Å². The summed E-state index contributed by atoms with van der Waals surface area (Å²) in [5, 5.41) is 12.0. The van der Waals surface area contributed by atoms with Gasteiger partial charge in [0.05, 0.1) is 18.1 Å². The summed E-state index contributed by atoms with van der Waals surface area (Å²) in [4.78, 5) is 24.4. The Labute approximate surface area is 175 Å². The Kier molecular flexibility index (Phi) is 6.39. The van der Waals surface area contributed by atoms with Crippen LogP contribution in [-0.4, -0.2) is 72.3 Å². The standard InChI is InChI=1S/C21H27N5O4/c1-16-22-20(25-8-6-17-4-2-3-5-18(17)7-9-25)19(26(27)28)21(23-16)30-15-12-24-10-13-29-14-11-24/h2-5H,6-15H2,1H3. The first-order valence-corrected chi connectivity index (χ1v) is 10.4. The normalized spacial score (nSPS) is 17.3. The maximum absolute atomic E-state index is 12.0. The van der Waals surface area contributed by atoms with Gasteiger partial charge in [0.15, 0.2) is 0 Å². The van der Waals surface area contributed by atoms with Gasteiger partial charge in [0, 0.05) is 32.7 Å². The lowest BCUT2D eigenvalue weighted by Crippen LogP contribution is -2.38. The summed E-state index contributed by atoms with van der Waals surface area (Å²) < 4.78 is 11.2. The van der Waals surface area contributed by atoms with Gasteiger partial charge in [0.2, 0.25) is 5.82 Å². The molecule has 0 spiro atoms. The molecule has 0 atom stereocenters. The van der Waals surface area contributed by atoms with E-state index < -0.39 is 4.92 Å². The predicted molar refractivity (Wildman–Crippen MR) is 112 cm³/mol. The molecule has 2 aromatic rings. The molecule has 0 radical (unpaired) electrons. The number of benzene rings is 1. The van der Waals surface area contributed by atoms with Gasteiger partial charge in [0.25, 0.3) is 5.88 Å². The topological polar surface area (TPSA) is 93.9 Å². The van der Waals surface area contributed by atoms with Gasteiger partial charge in [-0.3, -0.25) is 15.0 Å². The molecule has 3 heterocycles. The van der Waals surface area contributed by atoms with Gasteiger partial charge in [-0.05, 0) is 30.9 Å². The molecule has 0 bridgehead atoms. The van der Waals surface area contributed by atoms with Crippen LogP contribution in [0.4, 0.5) is 11.5 Å². The lowest BCUT2D eigenvalue weighted by molar-refractivity contribution is -0.385. The van der Waals surface area contributed by atoms with Crippen molar-refractivity contribution < 1.29 is 14.4 Å². The Morgan fingerprint density at radius 3 is 2.40 bits per heavy atom. The third-order valence-corrected chi connectivity index (χ3v) is 5.60. The molecule has 2 aliphatic heterocycles. The van der Waals surface area contributed by atoms with Crippen LogP contribution in [0.2, 0.25) is 0 Å². The Morgan fingerprint density at radius 2 is 1.77 bits per heavy atom. The summed E-state index contributed by atoms with van der Waals surface area (Å²) >= 11 is 0. The van der Waals surface area contributed by atoms with E-state index in [2.05, 4.69) is 27.0 Å². The maximum atomic E-state index is 12.0. The SMILES string of the molecule is Cc1nc(OCCN2CCOCC2)c([N+](=O)[O-])c(N2CCc3ccccc3CC2)n1. The van der Waals surface area contributed by atoms with Crippen LogP contribution in [0, 0.1) is 17.0 Å². The number of nitro groups is 1. The Bertz CT molecular complexity index is 874. The molecule has 1 aromatic heterocycles. The highest BCUT2D eigenvalue weighted by Crippen LogP contribution is 2.35. The van der Waals surface area contributed by atoms with Crippen LogP contribution in [-0.2, 0) is 17.6 Å². The minimum atomic E-state index is -0.420. The molecule has 0 aliphatic carbocycles. The molecule has 30 heavy (non-hydrogen) atoms. The molecule has 0 amide bonds. The molecule has 1 saturated heterocycles. The van der Waals surface area contributed by atoms with Crippen molar-refractivity contribution in [2.24, 2.45) is 0 Å². The fourth-order valence-electron chi connectivity index (χ4n) is 3.98. The highest BCUT2D eigenvalue weighted by atomic mass is 16.6. The summed E-state index contributed by atoms with van der Waals surface area (Å²) in [6, 6.07) is 8.32. The Balaban J connectivity index is 1.53. The molecule has 0 N–H and O–H groups in total. The average molecular weight is 413 g/mol. The van der Waals surface area contributed by atoms with E-state index in [0.717, 1.165) is 25.9 Å². The second-order valence-corrected chi connectivity index (χ2v) is 7.56. The largest absolute Gasteiger partial charge is 0.471 e. The van der Waals surface area contributed by atoms with E-state index in [4.69, 9.17) is 9.47 Å². The zero-order valence-corrected chi connectivity index (χ0v) is 17.2. The van der Waals surface area contributed by atoms with Crippen molar-refractivity contribution in [3.63, 3.8) is 0 Å². The van der Waals surface area contributed by atoms with Gasteiger partial charge in [-0.2, -0.15) is 4.98 Å². The molecule has 9 nitrogen and oxygen atoms in total. The molecule has 2 aliphatic rings. The minimum Gasteiger partial charge on any atom is -0.471 e. The summed E-state index contributed by atoms with van der Waals surface area (Å²) in [5.41, 5.74) is 2.43. The van der Waals surface area contributed by atoms with Crippen molar-refractivity contribution in [3.8, 4) is 5.88 Å². The number of hydrogen-bond donors (Lipinski definition) is 0. The van der Waals surface area contributed by atoms with E-state index in [0.29, 0.717) is 51.1 Å². The van der Waals surface area contributed by atoms with Gasteiger partial charge < -0.3 is 14.4 Å². The van der Waals surface area contributed by atoms with Crippen molar-refractivity contribution in [2.45, 2.75) is 19.8 Å². The Morgan fingerprint density at radius 1 is 1.10 bits per heavy atom. The molecule has 4 rings (SSSR count). The van der Waals surface area contributed by atoms with Crippen LogP contribution < -0.4 is 9.64 Å². The van der Waals surface area contributed by atoms with Gasteiger partial charge in [-0.1, -0.05) is 24.3 Å². The van der Waals surface area contributed by atoms with Gasteiger partial charge in [-0.25, -0.2) is 4.98 Å². The number of anilines is 1.